The topological polar surface area (TPSA) is 124 Å². The Morgan fingerprint density at radius 3 is 2.43 bits per heavy atom. The van der Waals surface area contributed by atoms with Crippen LogP contribution in [0.3, 0.4) is 0 Å². The molecule has 1 amide bonds. The molecule has 1 aromatic heterocycles. The van der Waals surface area contributed by atoms with Crippen molar-refractivity contribution in [2.75, 3.05) is 18.5 Å². The fourth-order valence-corrected chi connectivity index (χ4v) is 3.47. The number of carboxylic acid groups (broad SMARTS) is 1. The number of rotatable bonds is 10. The summed E-state index contributed by atoms with van der Waals surface area (Å²) in [5.41, 5.74) is 3.66. The summed E-state index contributed by atoms with van der Waals surface area (Å²) in [6.07, 6.45) is 1.65. The van der Waals surface area contributed by atoms with Crippen LogP contribution >= 0.6 is 0 Å². The third-order valence-electron chi connectivity index (χ3n) is 5.26. The molecule has 0 spiro atoms. The van der Waals surface area contributed by atoms with Gasteiger partial charge >= 0.3 is 5.97 Å². The number of amides is 1. The molecule has 35 heavy (non-hydrogen) atoms. The highest BCUT2D eigenvalue weighted by Gasteiger charge is 2.18. The lowest BCUT2D eigenvalue weighted by atomic mass is 9.96. The van der Waals surface area contributed by atoms with E-state index in [1.165, 1.54) is 6.07 Å². The number of benzene rings is 2. The molecular weight excluding hydrogens is 444 g/mol. The maximum atomic E-state index is 12.5. The van der Waals surface area contributed by atoms with Crippen molar-refractivity contribution in [3.63, 3.8) is 0 Å². The molecule has 3 aromatic rings. The second-order valence-corrected chi connectivity index (χ2v) is 8.36. The van der Waals surface area contributed by atoms with Gasteiger partial charge in [0.2, 0.25) is 5.90 Å². The summed E-state index contributed by atoms with van der Waals surface area (Å²) < 4.78 is 5.22. The third-order valence-corrected chi connectivity index (χ3v) is 5.26. The Hall–Kier alpha value is -4.20. The minimum atomic E-state index is -1.12. The van der Waals surface area contributed by atoms with E-state index in [9.17, 15) is 14.7 Å². The highest BCUT2D eigenvalue weighted by atomic mass is 16.5. The number of aromatic carboxylic acids is 1. The van der Waals surface area contributed by atoms with Crippen molar-refractivity contribution in [1.29, 1.82) is 5.41 Å². The summed E-state index contributed by atoms with van der Waals surface area (Å²) in [6.45, 7) is 7.11. The lowest BCUT2D eigenvalue weighted by molar-refractivity contribution is 0.0697. The molecule has 0 atom stereocenters. The highest BCUT2D eigenvalue weighted by molar-refractivity contribution is 6.01. The molecule has 1 heterocycles. The quantitative estimate of drug-likeness (QED) is 0.247. The van der Waals surface area contributed by atoms with Gasteiger partial charge < -0.3 is 20.5 Å². The van der Waals surface area contributed by atoms with Gasteiger partial charge in [-0.25, -0.2) is 4.79 Å². The van der Waals surface area contributed by atoms with Crippen LogP contribution in [0.4, 0.5) is 5.69 Å². The van der Waals surface area contributed by atoms with Crippen molar-refractivity contribution < 1.29 is 19.4 Å². The van der Waals surface area contributed by atoms with E-state index in [0.29, 0.717) is 47.6 Å². The van der Waals surface area contributed by atoms with Crippen LogP contribution < -0.4 is 10.6 Å². The summed E-state index contributed by atoms with van der Waals surface area (Å²) in [4.78, 5) is 29.0. The molecule has 8 nitrogen and oxygen atoms in total. The highest BCUT2D eigenvalue weighted by Crippen LogP contribution is 2.28. The second-order valence-electron chi connectivity index (χ2n) is 8.36. The first kappa shape index (κ1) is 25.4. The molecular formula is C27H30N4O4. The van der Waals surface area contributed by atoms with E-state index in [1.807, 2.05) is 39.0 Å². The standard InChI is InChI=1S/C27H30N4O4/c1-4-35-25(28)18-7-10-20(11-8-18)30-16-24-22(6-5-13-29-24)21-12-9-19(14-23(21)27(33)34)26(32)31-15-17(2)3/h5-14,17,28,30H,4,15-16H2,1-3H3,(H,31,32)(H,33,34). The smallest absolute Gasteiger partial charge is 0.336 e. The Morgan fingerprint density at radius 2 is 1.77 bits per heavy atom. The molecule has 0 saturated carbocycles. The van der Waals surface area contributed by atoms with Crippen molar-refractivity contribution in [3.05, 3.63) is 83.2 Å². The molecule has 0 aliphatic carbocycles. The Balaban J connectivity index is 1.83. The molecule has 0 aliphatic heterocycles. The van der Waals surface area contributed by atoms with Crippen LogP contribution in [0.15, 0.2) is 60.8 Å². The molecule has 2 aromatic carbocycles. The van der Waals surface area contributed by atoms with Gasteiger partial charge in [0.05, 0.1) is 24.4 Å². The van der Waals surface area contributed by atoms with E-state index in [-0.39, 0.29) is 23.3 Å². The van der Waals surface area contributed by atoms with E-state index < -0.39 is 5.97 Å². The summed E-state index contributed by atoms with van der Waals surface area (Å²) in [6, 6.07) is 15.5. The predicted octanol–water partition coefficient (Wildman–Crippen LogP) is 4.81. The molecule has 0 unspecified atom stereocenters. The van der Waals surface area contributed by atoms with E-state index >= 15 is 0 Å². The van der Waals surface area contributed by atoms with Gasteiger partial charge in [-0.2, -0.15) is 0 Å². The molecule has 0 radical (unpaired) electrons. The van der Waals surface area contributed by atoms with E-state index in [4.69, 9.17) is 10.1 Å². The average molecular weight is 475 g/mol. The second kappa shape index (κ2) is 11.8. The lowest BCUT2D eigenvalue weighted by Gasteiger charge is -2.14. The Morgan fingerprint density at radius 1 is 1.06 bits per heavy atom. The zero-order chi connectivity index (χ0) is 25.4. The maximum Gasteiger partial charge on any atom is 0.336 e. The number of anilines is 1. The normalized spacial score (nSPS) is 10.6. The number of carbonyl (C=O) groups excluding carboxylic acids is 1. The fraction of sp³-hybridized carbons (Fsp3) is 0.259. The number of aromatic nitrogens is 1. The molecule has 4 N–H and O–H groups in total. The van der Waals surface area contributed by atoms with Gasteiger partial charge in [-0.3, -0.25) is 15.2 Å². The van der Waals surface area contributed by atoms with Gasteiger partial charge in [-0.15, -0.1) is 0 Å². The average Bonchev–Trinajstić information content (AvgIpc) is 2.86. The summed E-state index contributed by atoms with van der Waals surface area (Å²) in [5.74, 6) is -1.01. The number of hydrogen-bond donors (Lipinski definition) is 4. The van der Waals surface area contributed by atoms with Crippen molar-refractivity contribution in [3.8, 4) is 11.1 Å². The van der Waals surface area contributed by atoms with Gasteiger partial charge in [-0.05, 0) is 60.9 Å². The number of pyridine rings is 1. The maximum absolute atomic E-state index is 12.5. The number of hydrogen-bond acceptors (Lipinski definition) is 6. The number of ether oxygens (including phenoxy) is 1. The van der Waals surface area contributed by atoms with E-state index in [1.54, 1.807) is 36.5 Å². The van der Waals surface area contributed by atoms with Gasteiger partial charge in [-0.1, -0.05) is 26.0 Å². The zero-order valence-corrected chi connectivity index (χ0v) is 20.1. The fourth-order valence-electron chi connectivity index (χ4n) is 3.47. The first-order chi connectivity index (χ1) is 16.8. The van der Waals surface area contributed by atoms with Crippen molar-refractivity contribution in [2.24, 2.45) is 5.92 Å². The Bertz CT molecular complexity index is 1210. The summed E-state index contributed by atoms with van der Waals surface area (Å²) in [5, 5.41) is 23.8. The number of carboxylic acids is 1. The van der Waals surface area contributed by atoms with Crippen LogP contribution in [0.1, 0.15) is 52.7 Å². The predicted molar refractivity (Wildman–Crippen MR) is 136 cm³/mol. The van der Waals surface area contributed by atoms with Crippen LogP contribution in [0, 0.1) is 11.3 Å². The van der Waals surface area contributed by atoms with Gasteiger partial charge in [0.15, 0.2) is 0 Å². The Labute approximate surface area is 204 Å². The molecule has 0 saturated heterocycles. The lowest BCUT2D eigenvalue weighted by Crippen LogP contribution is -2.27. The zero-order valence-electron chi connectivity index (χ0n) is 20.1. The van der Waals surface area contributed by atoms with Crippen LogP contribution in [0.2, 0.25) is 0 Å². The monoisotopic (exact) mass is 474 g/mol. The Kier molecular flexibility index (Phi) is 8.56. The molecule has 8 heteroatoms. The molecule has 0 bridgehead atoms. The van der Waals surface area contributed by atoms with Crippen LogP contribution in [-0.2, 0) is 11.3 Å². The first-order valence-corrected chi connectivity index (χ1v) is 11.5. The molecule has 0 aliphatic rings. The molecule has 0 fully saturated rings. The van der Waals surface area contributed by atoms with Crippen molar-refractivity contribution in [2.45, 2.75) is 27.3 Å². The van der Waals surface area contributed by atoms with Crippen molar-refractivity contribution in [1.82, 2.24) is 10.3 Å². The van der Waals surface area contributed by atoms with Crippen molar-refractivity contribution >= 4 is 23.5 Å². The van der Waals surface area contributed by atoms with Crippen LogP contribution in [-0.4, -0.2) is 41.0 Å². The minimum Gasteiger partial charge on any atom is -0.478 e. The van der Waals surface area contributed by atoms with E-state index in [2.05, 4.69) is 15.6 Å². The van der Waals surface area contributed by atoms with Crippen LogP contribution in [0.5, 0.6) is 0 Å². The molecule has 182 valence electrons. The van der Waals surface area contributed by atoms with Gasteiger partial charge in [0, 0.05) is 35.1 Å². The van der Waals surface area contributed by atoms with E-state index in [0.717, 1.165) is 5.69 Å². The number of carbonyl (C=O) groups is 2. The first-order valence-electron chi connectivity index (χ1n) is 11.5. The SMILES string of the molecule is CCOC(=N)c1ccc(NCc2ncccc2-c2ccc(C(=O)NCC(C)C)cc2C(=O)O)cc1. The van der Waals surface area contributed by atoms with Gasteiger partial charge in [0.25, 0.3) is 5.91 Å². The molecule has 3 rings (SSSR count). The summed E-state index contributed by atoms with van der Waals surface area (Å²) in [7, 11) is 0. The van der Waals surface area contributed by atoms with Gasteiger partial charge in [0.1, 0.15) is 0 Å². The number of nitrogens with one attached hydrogen (secondary N) is 3. The largest absolute Gasteiger partial charge is 0.478 e. The summed E-state index contributed by atoms with van der Waals surface area (Å²) >= 11 is 0. The van der Waals surface area contributed by atoms with Crippen LogP contribution in [0.25, 0.3) is 11.1 Å². The number of nitrogens with zero attached hydrogens (tertiary/aromatic N) is 1. The third kappa shape index (κ3) is 6.66. The minimum absolute atomic E-state index is 0.0373.